The predicted molar refractivity (Wildman–Crippen MR) is 105 cm³/mol. The molecule has 0 aliphatic carbocycles. The van der Waals surface area contributed by atoms with Gasteiger partial charge in [0.25, 0.3) is 5.91 Å². The molecule has 2 N–H and O–H groups in total. The number of nitrogens with one attached hydrogen (secondary N) is 2. The maximum Gasteiger partial charge on any atom is 0.270 e. The summed E-state index contributed by atoms with van der Waals surface area (Å²) in [6.07, 6.45) is 1.39. The molecule has 0 saturated heterocycles. The van der Waals surface area contributed by atoms with Gasteiger partial charge in [-0.25, -0.2) is 9.97 Å². The maximum atomic E-state index is 12.3. The van der Waals surface area contributed by atoms with Gasteiger partial charge in [-0.3, -0.25) is 4.79 Å². The Kier molecular flexibility index (Phi) is 5.99. The van der Waals surface area contributed by atoms with Gasteiger partial charge < -0.3 is 15.4 Å². The number of rotatable bonds is 7. The summed E-state index contributed by atoms with van der Waals surface area (Å²) in [6.45, 7) is 3.08. The van der Waals surface area contributed by atoms with Gasteiger partial charge in [-0.05, 0) is 30.2 Å². The van der Waals surface area contributed by atoms with Crippen LogP contribution in [0.5, 0.6) is 5.75 Å². The molecule has 0 aliphatic rings. The summed E-state index contributed by atoms with van der Waals surface area (Å²) >= 11 is 0. The maximum absolute atomic E-state index is 12.3. The van der Waals surface area contributed by atoms with Crippen LogP contribution in [0.2, 0.25) is 0 Å². The molecule has 6 nitrogen and oxygen atoms in total. The molecule has 3 aromatic rings. The number of anilines is 1. The van der Waals surface area contributed by atoms with Crippen molar-refractivity contribution in [3.05, 3.63) is 83.3 Å². The molecule has 27 heavy (non-hydrogen) atoms. The van der Waals surface area contributed by atoms with Gasteiger partial charge in [0.05, 0.1) is 7.11 Å². The Morgan fingerprint density at radius 2 is 1.63 bits per heavy atom. The second kappa shape index (κ2) is 8.80. The van der Waals surface area contributed by atoms with Gasteiger partial charge in [-0.15, -0.1) is 0 Å². The van der Waals surface area contributed by atoms with Crippen molar-refractivity contribution < 1.29 is 9.53 Å². The van der Waals surface area contributed by atoms with Crippen LogP contribution < -0.4 is 15.4 Å². The summed E-state index contributed by atoms with van der Waals surface area (Å²) in [7, 11) is 1.64. The number of methoxy groups -OCH3 is 1. The first-order valence-corrected chi connectivity index (χ1v) is 8.66. The highest BCUT2D eigenvalue weighted by atomic mass is 16.5. The fourth-order valence-corrected chi connectivity index (χ4v) is 2.49. The summed E-state index contributed by atoms with van der Waals surface area (Å²) < 4.78 is 5.15. The monoisotopic (exact) mass is 362 g/mol. The zero-order chi connectivity index (χ0) is 19.1. The lowest BCUT2D eigenvalue weighted by Crippen LogP contribution is -2.24. The van der Waals surface area contributed by atoms with Gasteiger partial charge in [0.1, 0.15) is 23.6 Å². The molecule has 6 heteroatoms. The standard InChI is InChI=1S/C21H22N4O2/c1-15-3-5-16(6-4-15)13-23-21(26)19-11-20(25-14-24-19)22-12-17-7-9-18(27-2)10-8-17/h3-11,14H,12-13H2,1-2H3,(H,23,26)(H,22,24,25). The van der Waals surface area contributed by atoms with Crippen LogP contribution in [0.4, 0.5) is 5.82 Å². The van der Waals surface area contributed by atoms with Crippen LogP contribution in [-0.4, -0.2) is 23.0 Å². The van der Waals surface area contributed by atoms with E-state index in [1.807, 2.05) is 55.5 Å². The van der Waals surface area contributed by atoms with Gasteiger partial charge in [-0.2, -0.15) is 0 Å². The Hall–Kier alpha value is -3.41. The summed E-state index contributed by atoms with van der Waals surface area (Å²) in [5, 5.41) is 6.08. The number of aromatic nitrogens is 2. The van der Waals surface area contributed by atoms with Crippen molar-refractivity contribution in [1.29, 1.82) is 0 Å². The Bertz CT molecular complexity index is 893. The van der Waals surface area contributed by atoms with Crippen LogP contribution >= 0.6 is 0 Å². The smallest absolute Gasteiger partial charge is 0.270 e. The van der Waals surface area contributed by atoms with E-state index in [2.05, 4.69) is 20.6 Å². The highest BCUT2D eigenvalue weighted by Gasteiger charge is 2.08. The van der Waals surface area contributed by atoms with Crippen LogP contribution in [0, 0.1) is 6.92 Å². The van der Waals surface area contributed by atoms with Gasteiger partial charge in [-0.1, -0.05) is 42.0 Å². The molecule has 1 amide bonds. The number of carbonyl (C=O) groups is 1. The van der Waals surface area contributed by atoms with E-state index in [9.17, 15) is 4.79 Å². The Labute approximate surface area is 158 Å². The minimum Gasteiger partial charge on any atom is -0.497 e. The lowest BCUT2D eigenvalue weighted by atomic mass is 10.1. The van der Waals surface area contributed by atoms with Crippen molar-refractivity contribution in [3.63, 3.8) is 0 Å². The molecule has 0 unspecified atom stereocenters. The van der Waals surface area contributed by atoms with Crippen LogP contribution in [0.3, 0.4) is 0 Å². The third-order valence-corrected chi connectivity index (χ3v) is 4.11. The third kappa shape index (κ3) is 5.28. The molecule has 0 saturated carbocycles. The summed E-state index contributed by atoms with van der Waals surface area (Å²) in [5.74, 6) is 1.18. The quantitative estimate of drug-likeness (QED) is 0.674. The molecule has 0 atom stereocenters. The molecule has 138 valence electrons. The van der Waals surface area contributed by atoms with Gasteiger partial charge in [0.2, 0.25) is 0 Å². The van der Waals surface area contributed by atoms with Crippen molar-refractivity contribution in [3.8, 4) is 5.75 Å². The number of nitrogens with zero attached hydrogens (tertiary/aromatic N) is 2. The molecule has 0 fully saturated rings. The highest BCUT2D eigenvalue weighted by molar-refractivity contribution is 5.92. The topological polar surface area (TPSA) is 76.1 Å². The predicted octanol–water partition coefficient (Wildman–Crippen LogP) is 3.34. The first-order valence-electron chi connectivity index (χ1n) is 8.66. The van der Waals surface area contributed by atoms with Crippen molar-refractivity contribution in [2.45, 2.75) is 20.0 Å². The second-order valence-corrected chi connectivity index (χ2v) is 6.16. The van der Waals surface area contributed by atoms with Crippen LogP contribution in [-0.2, 0) is 13.1 Å². The van der Waals surface area contributed by atoms with Gasteiger partial charge >= 0.3 is 0 Å². The number of ether oxygens (including phenoxy) is 1. The van der Waals surface area contributed by atoms with E-state index in [-0.39, 0.29) is 5.91 Å². The Morgan fingerprint density at radius 1 is 0.963 bits per heavy atom. The largest absolute Gasteiger partial charge is 0.497 e. The lowest BCUT2D eigenvalue weighted by Gasteiger charge is -2.08. The molecular weight excluding hydrogens is 340 g/mol. The summed E-state index contributed by atoms with van der Waals surface area (Å²) in [4.78, 5) is 20.6. The van der Waals surface area contributed by atoms with Crippen LogP contribution in [0.1, 0.15) is 27.2 Å². The average molecular weight is 362 g/mol. The number of carbonyl (C=O) groups excluding carboxylic acids is 1. The zero-order valence-electron chi connectivity index (χ0n) is 15.4. The Morgan fingerprint density at radius 3 is 2.33 bits per heavy atom. The zero-order valence-corrected chi connectivity index (χ0v) is 15.4. The minimum atomic E-state index is -0.231. The number of hydrogen-bond acceptors (Lipinski definition) is 5. The number of amides is 1. The van der Waals surface area contributed by atoms with Gasteiger partial charge in [0.15, 0.2) is 0 Å². The van der Waals surface area contributed by atoms with E-state index < -0.39 is 0 Å². The van der Waals surface area contributed by atoms with E-state index in [0.717, 1.165) is 16.9 Å². The molecule has 0 bridgehead atoms. The lowest BCUT2D eigenvalue weighted by molar-refractivity contribution is 0.0946. The molecule has 0 spiro atoms. The summed E-state index contributed by atoms with van der Waals surface area (Å²) in [5.41, 5.74) is 3.64. The fraction of sp³-hybridized carbons (Fsp3) is 0.190. The molecule has 2 aromatic carbocycles. The average Bonchev–Trinajstić information content (AvgIpc) is 2.72. The molecular formula is C21H22N4O2. The second-order valence-electron chi connectivity index (χ2n) is 6.16. The van der Waals surface area contributed by atoms with Crippen molar-refractivity contribution in [1.82, 2.24) is 15.3 Å². The first-order chi connectivity index (χ1) is 13.1. The fourth-order valence-electron chi connectivity index (χ4n) is 2.49. The number of benzene rings is 2. The number of aryl methyl sites for hydroxylation is 1. The Balaban J connectivity index is 1.56. The van der Waals surface area contributed by atoms with Gasteiger partial charge in [0, 0.05) is 19.2 Å². The highest BCUT2D eigenvalue weighted by Crippen LogP contribution is 2.13. The third-order valence-electron chi connectivity index (χ3n) is 4.11. The van der Waals surface area contributed by atoms with Crippen LogP contribution in [0.15, 0.2) is 60.9 Å². The normalized spacial score (nSPS) is 10.3. The van der Waals surface area contributed by atoms with Crippen molar-refractivity contribution in [2.75, 3.05) is 12.4 Å². The van der Waals surface area contributed by atoms with E-state index in [1.165, 1.54) is 11.9 Å². The molecule has 0 aliphatic heterocycles. The minimum absolute atomic E-state index is 0.231. The van der Waals surface area contributed by atoms with Crippen LogP contribution in [0.25, 0.3) is 0 Å². The van der Waals surface area contributed by atoms with E-state index in [4.69, 9.17) is 4.74 Å². The van der Waals surface area contributed by atoms with E-state index in [0.29, 0.717) is 24.6 Å². The summed E-state index contributed by atoms with van der Waals surface area (Å²) in [6, 6.07) is 17.4. The van der Waals surface area contributed by atoms with E-state index in [1.54, 1.807) is 13.2 Å². The van der Waals surface area contributed by atoms with Crippen molar-refractivity contribution in [2.24, 2.45) is 0 Å². The SMILES string of the molecule is COc1ccc(CNc2cc(C(=O)NCc3ccc(C)cc3)ncn2)cc1. The molecule has 3 rings (SSSR count). The molecule has 1 heterocycles. The number of hydrogen-bond donors (Lipinski definition) is 2. The molecule has 0 radical (unpaired) electrons. The molecule has 1 aromatic heterocycles. The van der Waals surface area contributed by atoms with E-state index >= 15 is 0 Å². The van der Waals surface area contributed by atoms with Crippen molar-refractivity contribution >= 4 is 11.7 Å². The first kappa shape index (κ1) is 18.4.